The number of nitrogens with zero attached hydrogens (tertiary/aromatic N) is 2. The second kappa shape index (κ2) is 10.2. The highest BCUT2D eigenvalue weighted by atomic mass is 16.3. The average molecular weight is 455 g/mol. The number of para-hydroxylation sites is 1. The van der Waals surface area contributed by atoms with Gasteiger partial charge in [0, 0.05) is 50.3 Å². The molecule has 1 N–H and O–H groups in total. The second-order valence-corrected chi connectivity index (χ2v) is 8.93. The van der Waals surface area contributed by atoms with Crippen LogP contribution in [0.4, 0.5) is 0 Å². The van der Waals surface area contributed by atoms with Crippen molar-refractivity contribution in [2.45, 2.75) is 25.0 Å². The minimum Gasteiger partial charge on any atom is -0.461 e. The molecule has 1 atom stereocenters. The summed E-state index contributed by atoms with van der Waals surface area (Å²) in [6.45, 7) is 2.53. The highest BCUT2D eigenvalue weighted by Crippen LogP contribution is 2.29. The van der Waals surface area contributed by atoms with Gasteiger partial charge in [-0.05, 0) is 23.3 Å². The van der Waals surface area contributed by atoms with Gasteiger partial charge in [0.1, 0.15) is 17.6 Å². The van der Waals surface area contributed by atoms with E-state index in [4.69, 9.17) is 4.42 Å². The zero-order valence-corrected chi connectivity index (χ0v) is 19.2. The van der Waals surface area contributed by atoms with E-state index >= 15 is 0 Å². The summed E-state index contributed by atoms with van der Waals surface area (Å²) < 4.78 is 5.87. The molecule has 1 aromatic heterocycles. The summed E-state index contributed by atoms with van der Waals surface area (Å²) in [5.41, 5.74) is 3.15. The van der Waals surface area contributed by atoms with Crippen LogP contribution in [0.2, 0.25) is 0 Å². The number of aliphatic hydroxyl groups excluding tert-OH is 1. The summed E-state index contributed by atoms with van der Waals surface area (Å²) in [7, 11) is 0. The van der Waals surface area contributed by atoms with Crippen LogP contribution in [0.15, 0.2) is 95.4 Å². The number of amides is 1. The Kier molecular flexibility index (Phi) is 6.74. The molecule has 0 spiro atoms. The molecule has 5 heteroatoms. The number of rotatable bonds is 7. The predicted molar refractivity (Wildman–Crippen MR) is 133 cm³/mol. The number of hydrogen-bond acceptors (Lipinski definition) is 4. The van der Waals surface area contributed by atoms with Crippen LogP contribution in [0.25, 0.3) is 11.0 Å². The third-order valence-electron chi connectivity index (χ3n) is 6.73. The molecule has 0 radical (unpaired) electrons. The van der Waals surface area contributed by atoms with Crippen molar-refractivity contribution in [2.24, 2.45) is 0 Å². The minimum atomic E-state index is -0.626. The van der Waals surface area contributed by atoms with Gasteiger partial charge in [-0.2, -0.15) is 0 Å². The molecule has 0 bridgehead atoms. The molecular formula is C29H30N2O3. The molecule has 2 heterocycles. The Hall–Kier alpha value is -3.41. The zero-order chi connectivity index (χ0) is 23.3. The van der Waals surface area contributed by atoms with Crippen LogP contribution >= 0.6 is 0 Å². The van der Waals surface area contributed by atoms with Crippen LogP contribution in [-0.2, 0) is 11.2 Å². The summed E-state index contributed by atoms with van der Waals surface area (Å²) in [6.07, 6.45) is 0.252. The van der Waals surface area contributed by atoms with E-state index in [1.165, 1.54) is 0 Å². The van der Waals surface area contributed by atoms with Crippen LogP contribution < -0.4 is 0 Å². The van der Waals surface area contributed by atoms with Gasteiger partial charge in [0.15, 0.2) is 0 Å². The van der Waals surface area contributed by atoms with Crippen molar-refractivity contribution < 1.29 is 14.3 Å². The first-order valence-electron chi connectivity index (χ1n) is 11.9. The van der Waals surface area contributed by atoms with E-state index in [9.17, 15) is 9.90 Å². The number of hydrogen-bond donors (Lipinski definition) is 1. The lowest BCUT2D eigenvalue weighted by atomic mass is 9.88. The maximum absolute atomic E-state index is 13.3. The zero-order valence-electron chi connectivity index (χ0n) is 19.2. The van der Waals surface area contributed by atoms with Gasteiger partial charge in [-0.1, -0.05) is 78.9 Å². The van der Waals surface area contributed by atoms with Crippen LogP contribution in [0.1, 0.15) is 29.2 Å². The molecule has 174 valence electrons. The van der Waals surface area contributed by atoms with E-state index in [2.05, 4.69) is 24.3 Å². The van der Waals surface area contributed by atoms with Crippen molar-refractivity contribution in [2.75, 3.05) is 26.2 Å². The van der Waals surface area contributed by atoms with Crippen molar-refractivity contribution in [3.05, 3.63) is 108 Å². The summed E-state index contributed by atoms with van der Waals surface area (Å²) in [4.78, 5) is 17.2. The fourth-order valence-corrected chi connectivity index (χ4v) is 4.82. The average Bonchev–Trinajstić information content (AvgIpc) is 3.30. The topological polar surface area (TPSA) is 56.9 Å². The molecule has 1 unspecified atom stereocenters. The number of piperazine rings is 1. The lowest BCUT2D eigenvalue weighted by Gasteiger charge is -2.37. The van der Waals surface area contributed by atoms with Gasteiger partial charge < -0.3 is 14.4 Å². The molecule has 3 aromatic carbocycles. The molecule has 0 saturated carbocycles. The van der Waals surface area contributed by atoms with E-state index in [0.717, 1.165) is 27.9 Å². The third kappa shape index (κ3) is 5.06. The Morgan fingerprint density at radius 3 is 2.03 bits per heavy atom. The van der Waals surface area contributed by atoms with Gasteiger partial charge >= 0.3 is 0 Å². The van der Waals surface area contributed by atoms with E-state index in [1.807, 2.05) is 76.5 Å². The van der Waals surface area contributed by atoms with Crippen LogP contribution in [0.3, 0.4) is 0 Å². The molecule has 1 amide bonds. The maximum atomic E-state index is 13.3. The van der Waals surface area contributed by atoms with Gasteiger partial charge in [0.2, 0.25) is 5.91 Å². The second-order valence-electron chi connectivity index (χ2n) is 8.93. The Labute approximate surface area is 200 Å². The van der Waals surface area contributed by atoms with Crippen LogP contribution in [0, 0.1) is 0 Å². The first kappa shape index (κ1) is 22.4. The summed E-state index contributed by atoms with van der Waals surface area (Å²) in [5, 5.41) is 11.8. The van der Waals surface area contributed by atoms with Gasteiger partial charge in [-0.15, -0.1) is 0 Å². The number of carbonyl (C=O) groups is 1. The van der Waals surface area contributed by atoms with Crippen molar-refractivity contribution in [1.82, 2.24) is 9.80 Å². The van der Waals surface area contributed by atoms with Crippen molar-refractivity contribution >= 4 is 16.9 Å². The standard InChI is InChI=1S/C29H30N2O3/c32-28(20-25-19-24-13-7-8-14-27(24)34-25)30-15-17-31(18-16-30)29(33)21-26(22-9-3-1-4-10-22)23-11-5-2-6-12-23/h1-14,19,26,28,32H,15-18,20-21H2. The van der Waals surface area contributed by atoms with Gasteiger partial charge in [-0.25, -0.2) is 0 Å². The Bertz CT molecular complexity index is 1140. The molecule has 1 aliphatic rings. The molecule has 5 rings (SSSR count). The summed E-state index contributed by atoms with van der Waals surface area (Å²) in [6, 6.07) is 30.4. The number of carbonyl (C=O) groups excluding carboxylic acids is 1. The number of fused-ring (bicyclic) bond motifs is 1. The molecule has 34 heavy (non-hydrogen) atoms. The van der Waals surface area contributed by atoms with Gasteiger partial charge in [-0.3, -0.25) is 9.69 Å². The Morgan fingerprint density at radius 2 is 1.41 bits per heavy atom. The van der Waals surface area contributed by atoms with Crippen molar-refractivity contribution in [1.29, 1.82) is 0 Å². The Morgan fingerprint density at radius 1 is 0.824 bits per heavy atom. The molecule has 1 saturated heterocycles. The summed E-state index contributed by atoms with van der Waals surface area (Å²) in [5.74, 6) is 0.969. The third-order valence-corrected chi connectivity index (χ3v) is 6.73. The van der Waals surface area contributed by atoms with Crippen LogP contribution in [-0.4, -0.2) is 53.2 Å². The lowest BCUT2D eigenvalue weighted by Crippen LogP contribution is -2.52. The highest BCUT2D eigenvalue weighted by Gasteiger charge is 2.28. The lowest BCUT2D eigenvalue weighted by molar-refractivity contribution is -0.135. The normalized spacial score (nSPS) is 15.6. The van der Waals surface area contributed by atoms with Crippen LogP contribution in [0.5, 0.6) is 0 Å². The molecule has 1 fully saturated rings. The highest BCUT2D eigenvalue weighted by molar-refractivity contribution is 5.78. The first-order chi connectivity index (χ1) is 16.7. The van der Waals surface area contributed by atoms with Crippen molar-refractivity contribution in [3.63, 3.8) is 0 Å². The largest absolute Gasteiger partial charge is 0.461 e. The fraction of sp³-hybridized carbons (Fsp3) is 0.276. The van der Waals surface area contributed by atoms with E-state index in [-0.39, 0.29) is 11.8 Å². The van der Waals surface area contributed by atoms with E-state index in [0.29, 0.717) is 39.0 Å². The molecule has 1 aliphatic heterocycles. The van der Waals surface area contributed by atoms with E-state index < -0.39 is 6.23 Å². The number of benzene rings is 3. The predicted octanol–water partition coefficient (Wildman–Crippen LogP) is 4.66. The van der Waals surface area contributed by atoms with Gasteiger partial charge in [0.25, 0.3) is 0 Å². The van der Waals surface area contributed by atoms with E-state index in [1.54, 1.807) is 0 Å². The SMILES string of the molecule is O=C(CC(c1ccccc1)c1ccccc1)N1CCN(C(O)Cc2cc3ccccc3o2)CC1. The monoisotopic (exact) mass is 454 g/mol. The maximum Gasteiger partial charge on any atom is 0.223 e. The number of furan rings is 1. The molecule has 5 nitrogen and oxygen atoms in total. The number of aliphatic hydroxyl groups is 1. The van der Waals surface area contributed by atoms with Gasteiger partial charge in [0.05, 0.1) is 0 Å². The molecule has 0 aliphatic carbocycles. The quantitative estimate of drug-likeness (QED) is 0.441. The van der Waals surface area contributed by atoms with Crippen molar-refractivity contribution in [3.8, 4) is 0 Å². The Balaban J connectivity index is 1.19. The fourth-order valence-electron chi connectivity index (χ4n) is 4.82. The summed E-state index contributed by atoms with van der Waals surface area (Å²) >= 11 is 0. The first-order valence-corrected chi connectivity index (χ1v) is 11.9. The molecule has 4 aromatic rings. The minimum absolute atomic E-state index is 0.0339. The molecular weight excluding hydrogens is 424 g/mol. The smallest absolute Gasteiger partial charge is 0.223 e.